The van der Waals surface area contributed by atoms with Gasteiger partial charge < -0.3 is 10.7 Å². The van der Waals surface area contributed by atoms with E-state index in [1.807, 2.05) is 20.8 Å². The average molecular weight is 271 g/mol. The molecule has 0 aliphatic carbocycles. The van der Waals surface area contributed by atoms with Gasteiger partial charge in [-0.3, -0.25) is 4.79 Å². The van der Waals surface area contributed by atoms with E-state index < -0.39 is 0 Å². The maximum atomic E-state index is 12.1. The van der Waals surface area contributed by atoms with E-state index >= 15 is 0 Å². The molecule has 0 fully saturated rings. The lowest BCUT2D eigenvalue weighted by Crippen LogP contribution is -2.45. The summed E-state index contributed by atoms with van der Waals surface area (Å²) in [6.07, 6.45) is 1.71. The summed E-state index contributed by atoms with van der Waals surface area (Å²) in [6, 6.07) is 3.08. The number of nitrogens with zero attached hydrogens (tertiary/aromatic N) is 1. The fourth-order valence-electron chi connectivity index (χ4n) is 1.47. The molecule has 100 valence electrons. The molecule has 0 bridgehead atoms. The van der Waals surface area contributed by atoms with Gasteiger partial charge in [0.2, 0.25) is 0 Å². The van der Waals surface area contributed by atoms with E-state index in [4.69, 9.17) is 17.4 Å². The van der Waals surface area contributed by atoms with Gasteiger partial charge in [0, 0.05) is 11.1 Å². The molecule has 1 rings (SSSR count). The minimum Gasteiger partial charge on any atom is -0.347 e. The Kier molecular flexibility index (Phi) is 4.93. The molecule has 5 nitrogen and oxygen atoms in total. The van der Waals surface area contributed by atoms with E-state index in [-0.39, 0.29) is 16.6 Å². The van der Waals surface area contributed by atoms with Crippen LogP contribution in [0.1, 0.15) is 44.0 Å². The molecule has 4 N–H and O–H groups in total. The number of nitrogens with two attached hydrogens (primary N) is 1. The Morgan fingerprint density at radius 2 is 2.06 bits per heavy atom. The quantitative estimate of drug-likeness (QED) is 0.436. The van der Waals surface area contributed by atoms with Crippen molar-refractivity contribution in [3.05, 3.63) is 22.8 Å². The van der Waals surface area contributed by atoms with Crippen molar-refractivity contribution in [2.45, 2.75) is 39.2 Å². The van der Waals surface area contributed by atoms with Gasteiger partial charge in [-0.25, -0.2) is 10.8 Å². The first-order chi connectivity index (χ1) is 8.44. The summed E-state index contributed by atoms with van der Waals surface area (Å²) < 4.78 is 0. The maximum Gasteiger partial charge on any atom is 0.251 e. The van der Waals surface area contributed by atoms with Crippen LogP contribution >= 0.6 is 11.6 Å². The highest BCUT2D eigenvalue weighted by Gasteiger charge is 2.23. The summed E-state index contributed by atoms with van der Waals surface area (Å²) in [5, 5.41) is 3.22. The standard InChI is InChI=1S/C12H19ClN4O/c1-4-12(3,5-2)16-11(18)8-6-9(13)15-10(7-8)17-14/h6-7H,4-5,14H2,1-3H3,(H,15,17)(H,16,18). The Morgan fingerprint density at radius 3 is 2.56 bits per heavy atom. The normalized spacial score (nSPS) is 11.2. The lowest BCUT2D eigenvalue weighted by atomic mass is 9.95. The summed E-state index contributed by atoms with van der Waals surface area (Å²) in [5.41, 5.74) is 2.60. The number of nitrogens with one attached hydrogen (secondary N) is 2. The van der Waals surface area contributed by atoms with E-state index in [9.17, 15) is 4.79 Å². The van der Waals surface area contributed by atoms with Crippen LogP contribution in [0.15, 0.2) is 12.1 Å². The van der Waals surface area contributed by atoms with Gasteiger partial charge in [0.1, 0.15) is 11.0 Å². The van der Waals surface area contributed by atoms with Crippen molar-refractivity contribution in [3.8, 4) is 0 Å². The number of hydrogen-bond acceptors (Lipinski definition) is 4. The van der Waals surface area contributed by atoms with Crippen LogP contribution in [-0.2, 0) is 0 Å². The van der Waals surface area contributed by atoms with Gasteiger partial charge in [0.25, 0.3) is 5.91 Å². The van der Waals surface area contributed by atoms with Gasteiger partial charge in [0.15, 0.2) is 0 Å². The summed E-state index contributed by atoms with van der Waals surface area (Å²) in [7, 11) is 0. The number of pyridine rings is 1. The van der Waals surface area contributed by atoms with Crippen molar-refractivity contribution < 1.29 is 4.79 Å². The number of rotatable bonds is 5. The number of aromatic nitrogens is 1. The molecule has 1 amide bonds. The smallest absolute Gasteiger partial charge is 0.251 e. The Morgan fingerprint density at radius 1 is 1.44 bits per heavy atom. The number of hydrogen-bond donors (Lipinski definition) is 3. The Bertz CT molecular complexity index is 432. The van der Waals surface area contributed by atoms with Gasteiger partial charge in [-0.15, -0.1) is 0 Å². The topological polar surface area (TPSA) is 80.0 Å². The SMILES string of the molecule is CCC(C)(CC)NC(=O)c1cc(Cl)nc(NN)c1. The number of anilines is 1. The van der Waals surface area contributed by atoms with Gasteiger partial charge in [-0.05, 0) is 31.9 Å². The second kappa shape index (κ2) is 6.02. The van der Waals surface area contributed by atoms with Crippen LogP contribution in [0.3, 0.4) is 0 Å². The van der Waals surface area contributed by atoms with Gasteiger partial charge in [-0.2, -0.15) is 0 Å². The molecule has 1 aromatic heterocycles. The van der Waals surface area contributed by atoms with Gasteiger partial charge in [0.05, 0.1) is 0 Å². The Labute approximate surface area is 112 Å². The molecular formula is C12H19ClN4O. The molecule has 18 heavy (non-hydrogen) atoms. The predicted molar refractivity (Wildman–Crippen MR) is 73.5 cm³/mol. The highest BCUT2D eigenvalue weighted by molar-refractivity contribution is 6.29. The first-order valence-corrected chi connectivity index (χ1v) is 6.28. The molecule has 0 saturated carbocycles. The number of carbonyl (C=O) groups is 1. The zero-order chi connectivity index (χ0) is 13.8. The number of carbonyl (C=O) groups excluding carboxylic acids is 1. The molecule has 0 radical (unpaired) electrons. The van der Waals surface area contributed by atoms with Gasteiger partial charge >= 0.3 is 0 Å². The second-order valence-electron chi connectivity index (χ2n) is 4.43. The lowest BCUT2D eigenvalue weighted by molar-refractivity contribution is 0.0901. The molecule has 1 heterocycles. The van der Waals surface area contributed by atoms with E-state index in [1.165, 1.54) is 6.07 Å². The predicted octanol–water partition coefficient (Wildman–Crippen LogP) is 2.33. The van der Waals surface area contributed by atoms with Crippen LogP contribution < -0.4 is 16.6 Å². The number of halogens is 1. The van der Waals surface area contributed by atoms with E-state index in [1.54, 1.807) is 6.07 Å². The third-order valence-corrected chi connectivity index (χ3v) is 3.37. The lowest BCUT2D eigenvalue weighted by Gasteiger charge is -2.28. The zero-order valence-corrected chi connectivity index (χ0v) is 11.6. The molecule has 0 saturated heterocycles. The third-order valence-electron chi connectivity index (χ3n) is 3.18. The third kappa shape index (κ3) is 3.58. The number of nitrogen functional groups attached to an aromatic ring is 1. The average Bonchev–Trinajstić information content (AvgIpc) is 2.37. The zero-order valence-electron chi connectivity index (χ0n) is 10.9. The molecule has 0 aromatic carbocycles. The minimum atomic E-state index is -0.219. The molecule has 0 spiro atoms. The van der Waals surface area contributed by atoms with Crippen molar-refractivity contribution in [2.75, 3.05) is 5.43 Å². The minimum absolute atomic E-state index is 0.179. The molecule has 0 atom stereocenters. The Hall–Kier alpha value is -1.33. The number of amides is 1. The summed E-state index contributed by atoms with van der Waals surface area (Å²) >= 11 is 5.83. The highest BCUT2D eigenvalue weighted by atomic mass is 35.5. The summed E-state index contributed by atoms with van der Waals surface area (Å²) in [4.78, 5) is 16.1. The van der Waals surface area contributed by atoms with Crippen molar-refractivity contribution in [2.24, 2.45) is 5.84 Å². The van der Waals surface area contributed by atoms with Crippen molar-refractivity contribution in [1.82, 2.24) is 10.3 Å². The monoisotopic (exact) mass is 270 g/mol. The summed E-state index contributed by atoms with van der Waals surface area (Å²) in [5.74, 6) is 5.45. The molecule has 0 aliphatic rings. The van der Waals surface area contributed by atoms with E-state index in [0.29, 0.717) is 11.4 Å². The van der Waals surface area contributed by atoms with Crippen molar-refractivity contribution >= 4 is 23.3 Å². The summed E-state index contributed by atoms with van der Waals surface area (Å²) in [6.45, 7) is 6.09. The van der Waals surface area contributed by atoms with E-state index in [2.05, 4.69) is 15.7 Å². The van der Waals surface area contributed by atoms with Crippen molar-refractivity contribution in [3.63, 3.8) is 0 Å². The molecule has 0 aliphatic heterocycles. The first kappa shape index (κ1) is 14.7. The van der Waals surface area contributed by atoms with Crippen LogP contribution in [0.2, 0.25) is 5.15 Å². The number of hydrazine groups is 1. The Balaban J connectivity index is 2.94. The van der Waals surface area contributed by atoms with Crippen LogP contribution in [-0.4, -0.2) is 16.4 Å². The van der Waals surface area contributed by atoms with Crippen LogP contribution in [0.4, 0.5) is 5.82 Å². The molecule has 6 heteroatoms. The fourth-order valence-corrected chi connectivity index (χ4v) is 1.68. The largest absolute Gasteiger partial charge is 0.347 e. The molecule has 0 unspecified atom stereocenters. The highest BCUT2D eigenvalue weighted by Crippen LogP contribution is 2.17. The maximum absolute atomic E-state index is 12.1. The van der Waals surface area contributed by atoms with Crippen LogP contribution in [0.25, 0.3) is 0 Å². The van der Waals surface area contributed by atoms with Crippen LogP contribution in [0, 0.1) is 0 Å². The van der Waals surface area contributed by atoms with Gasteiger partial charge in [-0.1, -0.05) is 25.4 Å². The van der Waals surface area contributed by atoms with Crippen molar-refractivity contribution in [1.29, 1.82) is 0 Å². The molecular weight excluding hydrogens is 252 g/mol. The van der Waals surface area contributed by atoms with E-state index in [0.717, 1.165) is 12.8 Å². The fraction of sp³-hybridized carbons (Fsp3) is 0.500. The first-order valence-electron chi connectivity index (χ1n) is 5.91. The second-order valence-corrected chi connectivity index (χ2v) is 4.82. The van der Waals surface area contributed by atoms with Crippen LogP contribution in [0.5, 0.6) is 0 Å². The molecule has 1 aromatic rings.